The molecule has 0 unspecified atom stereocenters. The van der Waals surface area contributed by atoms with Crippen LogP contribution in [0.25, 0.3) is 10.8 Å². The zero-order valence-corrected chi connectivity index (χ0v) is 11.6. The predicted molar refractivity (Wildman–Crippen MR) is 75.9 cm³/mol. The number of ether oxygens (including phenoxy) is 1. The van der Waals surface area contributed by atoms with Crippen LogP contribution in [0.2, 0.25) is 0 Å². The topological polar surface area (TPSA) is 35.2 Å². The molecule has 17 heavy (non-hydrogen) atoms. The fraction of sp³-hybridized carbons (Fsp3) is 0.231. The van der Waals surface area contributed by atoms with Crippen molar-refractivity contribution >= 4 is 39.1 Å². The Hall–Kier alpha value is -0.770. The summed E-state index contributed by atoms with van der Waals surface area (Å²) in [5, 5.41) is 2.40. The third-order valence-corrected chi connectivity index (χ3v) is 3.53. The minimum Gasteiger partial charge on any atom is -0.493 e. The molecule has 90 valence electrons. The maximum Gasteiger partial charge on any atom is 0.124 e. The number of rotatable bonds is 0. The van der Waals surface area contributed by atoms with Crippen molar-refractivity contribution in [2.24, 2.45) is 5.73 Å². The molecule has 2 N–H and O–H groups in total. The van der Waals surface area contributed by atoms with Crippen LogP contribution in [-0.4, -0.2) is 6.61 Å². The second-order valence-electron chi connectivity index (χ2n) is 4.09. The Balaban J connectivity index is 0.00000108. The van der Waals surface area contributed by atoms with Gasteiger partial charge in [0.1, 0.15) is 5.75 Å². The highest BCUT2D eigenvalue weighted by Crippen LogP contribution is 2.37. The maximum atomic E-state index is 6.16. The van der Waals surface area contributed by atoms with Crippen LogP contribution < -0.4 is 10.5 Å². The van der Waals surface area contributed by atoms with Crippen LogP contribution in [-0.2, 0) is 0 Å². The summed E-state index contributed by atoms with van der Waals surface area (Å²) in [4.78, 5) is 0. The smallest absolute Gasteiger partial charge is 0.124 e. The molecule has 1 aliphatic rings. The van der Waals surface area contributed by atoms with Crippen molar-refractivity contribution < 1.29 is 4.74 Å². The molecule has 0 saturated carbocycles. The SMILES string of the molecule is Cl.N[C@@H]1CCOc2ccc3cc(Br)ccc3c21. The molecule has 0 aromatic heterocycles. The molecule has 0 amide bonds. The van der Waals surface area contributed by atoms with Gasteiger partial charge in [-0.2, -0.15) is 0 Å². The molecule has 0 saturated heterocycles. The lowest BCUT2D eigenvalue weighted by atomic mass is 9.95. The molecule has 0 aliphatic carbocycles. The molecule has 2 aromatic carbocycles. The van der Waals surface area contributed by atoms with E-state index in [1.54, 1.807) is 0 Å². The van der Waals surface area contributed by atoms with Gasteiger partial charge in [-0.25, -0.2) is 0 Å². The van der Waals surface area contributed by atoms with Crippen LogP contribution in [0.5, 0.6) is 5.75 Å². The number of benzene rings is 2. The van der Waals surface area contributed by atoms with E-state index in [0.717, 1.165) is 28.8 Å². The summed E-state index contributed by atoms with van der Waals surface area (Å²) < 4.78 is 6.73. The second-order valence-corrected chi connectivity index (χ2v) is 5.00. The lowest BCUT2D eigenvalue weighted by Gasteiger charge is -2.24. The highest BCUT2D eigenvalue weighted by Gasteiger charge is 2.20. The summed E-state index contributed by atoms with van der Waals surface area (Å²) in [6.07, 6.45) is 0.891. The molecule has 1 heterocycles. The summed E-state index contributed by atoms with van der Waals surface area (Å²) in [7, 11) is 0. The van der Waals surface area contributed by atoms with E-state index in [9.17, 15) is 0 Å². The molecule has 1 aliphatic heterocycles. The van der Waals surface area contributed by atoms with Gasteiger partial charge in [0.05, 0.1) is 6.61 Å². The molecule has 0 bridgehead atoms. The van der Waals surface area contributed by atoms with Gasteiger partial charge in [-0.3, -0.25) is 0 Å². The average molecular weight is 315 g/mol. The van der Waals surface area contributed by atoms with Crippen LogP contribution in [0, 0.1) is 0 Å². The summed E-state index contributed by atoms with van der Waals surface area (Å²) in [5.74, 6) is 0.938. The number of fused-ring (bicyclic) bond motifs is 3. The Labute approximate surface area is 115 Å². The zero-order valence-electron chi connectivity index (χ0n) is 9.15. The van der Waals surface area contributed by atoms with Crippen molar-refractivity contribution in [3.05, 3.63) is 40.4 Å². The second kappa shape index (κ2) is 4.84. The molecule has 0 radical (unpaired) electrons. The Morgan fingerprint density at radius 3 is 2.88 bits per heavy atom. The summed E-state index contributed by atoms with van der Waals surface area (Å²) in [5.41, 5.74) is 7.31. The minimum absolute atomic E-state index is 0. The minimum atomic E-state index is 0. The normalized spacial score (nSPS) is 18.1. The van der Waals surface area contributed by atoms with Crippen LogP contribution in [0.3, 0.4) is 0 Å². The number of nitrogens with two attached hydrogens (primary N) is 1. The fourth-order valence-electron chi connectivity index (χ4n) is 2.25. The van der Waals surface area contributed by atoms with E-state index in [0.29, 0.717) is 0 Å². The quantitative estimate of drug-likeness (QED) is 0.802. The monoisotopic (exact) mass is 313 g/mol. The number of hydrogen-bond donors (Lipinski definition) is 1. The van der Waals surface area contributed by atoms with E-state index in [2.05, 4.69) is 34.1 Å². The van der Waals surface area contributed by atoms with Crippen LogP contribution >= 0.6 is 28.3 Å². The molecule has 4 heteroatoms. The first-order valence-corrected chi connectivity index (χ1v) is 6.15. The van der Waals surface area contributed by atoms with E-state index in [4.69, 9.17) is 10.5 Å². The van der Waals surface area contributed by atoms with Gasteiger partial charge in [0, 0.05) is 22.5 Å². The van der Waals surface area contributed by atoms with Crippen molar-refractivity contribution in [3.8, 4) is 5.75 Å². The Morgan fingerprint density at radius 2 is 2.06 bits per heavy atom. The van der Waals surface area contributed by atoms with Gasteiger partial charge in [-0.15, -0.1) is 12.4 Å². The molecule has 3 rings (SSSR count). The fourth-order valence-corrected chi connectivity index (χ4v) is 2.63. The van der Waals surface area contributed by atoms with E-state index in [-0.39, 0.29) is 18.4 Å². The zero-order chi connectivity index (χ0) is 11.1. The number of hydrogen-bond acceptors (Lipinski definition) is 2. The van der Waals surface area contributed by atoms with Crippen LogP contribution in [0.1, 0.15) is 18.0 Å². The van der Waals surface area contributed by atoms with E-state index in [1.165, 1.54) is 10.8 Å². The van der Waals surface area contributed by atoms with E-state index >= 15 is 0 Å². The lowest BCUT2D eigenvalue weighted by molar-refractivity contribution is 0.270. The van der Waals surface area contributed by atoms with E-state index < -0.39 is 0 Å². The van der Waals surface area contributed by atoms with Gasteiger partial charge in [0.15, 0.2) is 0 Å². The van der Waals surface area contributed by atoms with Crippen molar-refractivity contribution in [3.63, 3.8) is 0 Å². The Kier molecular flexibility index (Phi) is 3.61. The predicted octanol–water partition coefficient (Wildman–Crippen LogP) is 3.81. The Morgan fingerprint density at radius 1 is 1.24 bits per heavy atom. The first-order valence-electron chi connectivity index (χ1n) is 5.36. The maximum absolute atomic E-state index is 6.16. The van der Waals surface area contributed by atoms with Gasteiger partial charge in [-0.05, 0) is 29.0 Å². The van der Waals surface area contributed by atoms with Crippen molar-refractivity contribution in [1.29, 1.82) is 0 Å². The van der Waals surface area contributed by atoms with Gasteiger partial charge < -0.3 is 10.5 Å². The van der Waals surface area contributed by atoms with E-state index in [1.807, 2.05) is 12.1 Å². The third-order valence-electron chi connectivity index (χ3n) is 3.04. The highest BCUT2D eigenvalue weighted by atomic mass is 79.9. The molecule has 2 aromatic rings. The summed E-state index contributed by atoms with van der Waals surface area (Å²) in [6.45, 7) is 0.718. The molecule has 2 nitrogen and oxygen atoms in total. The van der Waals surface area contributed by atoms with Crippen molar-refractivity contribution in [2.75, 3.05) is 6.61 Å². The van der Waals surface area contributed by atoms with Crippen LogP contribution in [0.15, 0.2) is 34.8 Å². The Bertz CT molecular complexity index is 558. The van der Waals surface area contributed by atoms with Crippen molar-refractivity contribution in [2.45, 2.75) is 12.5 Å². The van der Waals surface area contributed by atoms with Gasteiger partial charge in [0.25, 0.3) is 0 Å². The first kappa shape index (κ1) is 12.7. The highest BCUT2D eigenvalue weighted by molar-refractivity contribution is 9.10. The number of halogens is 2. The van der Waals surface area contributed by atoms with Gasteiger partial charge in [-0.1, -0.05) is 28.1 Å². The largest absolute Gasteiger partial charge is 0.493 e. The molecule has 1 atom stereocenters. The summed E-state index contributed by atoms with van der Waals surface area (Å²) >= 11 is 3.48. The van der Waals surface area contributed by atoms with Crippen molar-refractivity contribution in [1.82, 2.24) is 0 Å². The lowest BCUT2D eigenvalue weighted by Crippen LogP contribution is -2.20. The molecular formula is C13H13BrClNO. The standard InChI is InChI=1S/C13H12BrNO.ClH/c14-9-2-3-10-8(7-9)1-4-12-13(10)11(15)5-6-16-12;/h1-4,7,11H,5-6,15H2;1H/t11-;/m1./s1. The summed E-state index contributed by atoms with van der Waals surface area (Å²) in [6, 6.07) is 10.4. The third kappa shape index (κ3) is 2.15. The molecule has 0 fully saturated rings. The molecule has 0 spiro atoms. The van der Waals surface area contributed by atoms with Crippen LogP contribution in [0.4, 0.5) is 0 Å². The first-order chi connectivity index (χ1) is 7.75. The average Bonchev–Trinajstić information content (AvgIpc) is 2.29. The molecular weight excluding hydrogens is 302 g/mol. The van der Waals surface area contributed by atoms with Gasteiger partial charge in [0.2, 0.25) is 0 Å². The van der Waals surface area contributed by atoms with Gasteiger partial charge >= 0.3 is 0 Å².